The minimum absolute atomic E-state index is 0.354. The molecule has 5 heteroatoms. The number of aromatic nitrogens is 3. The number of aryl methyl sites for hydroxylation is 1. The van der Waals surface area contributed by atoms with Crippen LogP contribution < -0.4 is 0 Å². The Balaban J connectivity index is 2.27. The highest BCUT2D eigenvalue weighted by atomic mass is 35.5. The fourth-order valence-corrected chi connectivity index (χ4v) is 1.87. The van der Waals surface area contributed by atoms with E-state index in [-0.39, 0.29) is 0 Å². The van der Waals surface area contributed by atoms with Crippen molar-refractivity contribution in [3.05, 3.63) is 41.3 Å². The molecule has 0 bridgehead atoms. The quantitative estimate of drug-likeness (QED) is 0.618. The maximum atomic E-state index is 6.03. The Morgan fingerprint density at radius 2 is 1.88 bits per heavy atom. The Morgan fingerprint density at radius 3 is 2.65 bits per heavy atom. The van der Waals surface area contributed by atoms with Crippen molar-refractivity contribution < 1.29 is 4.52 Å². The average molecular weight is 246 g/mol. The third-order valence-electron chi connectivity index (χ3n) is 2.55. The van der Waals surface area contributed by atoms with E-state index in [1.165, 1.54) is 11.9 Å². The van der Waals surface area contributed by atoms with E-state index in [9.17, 15) is 0 Å². The summed E-state index contributed by atoms with van der Waals surface area (Å²) in [4.78, 5) is 7.92. The molecule has 4 nitrogen and oxygen atoms in total. The smallest absolute Gasteiger partial charge is 0.262 e. The van der Waals surface area contributed by atoms with Crippen molar-refractivity contribution in [2.45, 2.75) is 6.92 Å². The van der Waals surface area contributed by atoms with Crippen LogP contribution in [-0.2, 0) is 0 Å². The topological polar surface area (TPSA) is 51.8 Å². The van der Waals surface area contributed by atoms with Crippen molar-refractivity contribution in [2.24, 2.45) is 0 Å². The van der Waals surface area contributed by atoms with Crippen LogP contribution in [0, 0.1) is 6.92 Å². The van der Waals surface area contributed by atoms with Crippen LogP contribution in [-0.4, -0.2) is 15.1 Å². The molecule has 0 amide bonds. The lowest BCUT2D eigenvalue weighted by Gasteiger charge is -1.98. The summed E-state index contributed by atoms with van der Waals surface area (Å²) in [6.07, 6.45) is 1.36. The van der Waals surface area contributed by atoms with Gasteiger partial charge < -0.3 is 4.52 Å². The van der Waals surface area contributed by atoms with Gasteiger partial charge in [0, 0.05) is 5.56 Å². The number of rotatable bonds is 1. The van der Waals surface area contributed by atoms with E-state index >= 15 is 0 Å². The van der Waals surface area contributed by atoms with E-state index in [0.29, 0.717) is 21.9 Å². The number of hydrogen-bond acceptors (Lipinski definition) is 4. The summed E-state index contributed by atoms with van der Waals surface area (Å²) in [6, 6.07) is 7.95. The van der Waals surface area contributed by atoms with E-state index in [0.717, 1.165) is 5.56 Å². The molecule has 0 saturated carbocycles. The molecular formula is C12H8ClN3O. The van der Waals surface area contributed by atoms with Crippen LogP contribution in [0.2, 0.25) is 5.15 Å². The third-order valence-corrected chi connectivity index (χ3v) is 2.84. The predicted molar refractivity (Wildman–Crippen MR) is 64.8 cm³/mol. The molecule has 0 saturated heterocycles. The summed E-state index contributed by atoms with van der Waals surface area (Å²) in [5, 5.41) is 5.00. The molecule has 84 valence electrons. The molecule has 0 aliphatic carbocycles. The first kappa shape index (κ1) is 10.2. The van der Waals surface area contributed by atoms with Gasteiger partial charge >= 0.3 is 0 Å². The van der Waals surface area contributed by atoms with E-state index in [4.69, 9.17) is 16.1 Å². The van der Waals surface area contributed by atoms with Crippen LogP contribution in [0.3, 0.4) is 0 Å². The normalized spacial score (nSPS) is 10.9. The Labute approximate surface area is 102 Å². The van der Waals surface area contributed by atoms with Crippen molar-refractivity contribution >= 4 is 22.7 Å². The molecule has 17 heavy (non-hydrogen) atoms. The minimum Gasteiger partial charge on any atom is -0.335 e. The Morgan fingerprint density at radius 1 is 1.12 bits per heavy atom. The number of fused-ring (bicyclic) bond motifs is 1. The largest absolute Gasteiger partial charge is 0.335 e. The van der Waals surface area contributed by atoms with Gasteiger partial charge in [-0.25, -0.2) is 4.98 Å². The Kier molecular flexibility index (Phi) is 2.30. The molecule has 1 aromatic carbocycles. The lowest BCUT2D eigenvalue weighted by Crippen LogP contribution is -1.83. The lowest BCUT2D eigenvalue weighted by molar-refractivity contribution is 0.451. The molecule has 3 rings (SSSR count). The van der Waals surface area contributed by atoms with Gasteiger partial charge in [0.2, 0.25) is 0 Å². The van der Waals surface area contributed by atoms with Crippen LogP contribution >= 0.6 is 11.6 Å². The fraction of sp³-hybridized carbons (Fsp3) is 0.0833. The maximum absolute atomic E-state index is 6.03. The van der Waals surface area contributed by atoms with Gasteiger partial charge in [0.25, 0.3) is 5.71 Å². The van der Waals surface area contributed by atoms with Crippen LogP contribution in [0.1, 0.15) is 5.56 Å². The first-order chi connectivity index (χ1) is 8.25. The van der Waals surface area contributed by atoms with Gasteiger partial charge in [-0.3, -0.25) is 0 Å². The van der Waals surface area contributed by atoms with Crippen molar-refractivity contribution in [1.29, 1.82) is 0 Å². The van der Waals surface area contributed by atoms with Gasteiger partial charge in [-0.05, 0) is 6.92 Å². The molecule has 0 unspecified atom stereocenters. The van der Waals surface area contributed by atoms with Gasteiger partial charge in [0.05, 0.1) is 0 Å². The molecule has 0 atom stereocenters. The summed E-state index contributed by atoms with van der Waals surface area (Å²) in [5.74, 6) is 0. The zero-order valence-corrected chi connectivity index (χ0v) is 9.77. The molecule has 3 aromatic rings. The van der Waals surface area contributed by atoms with Crippen molar-refractivity contribution in [3.63, 3.8) is 0 Å². The van der Waals surface area contributed by atoms with Gasteiger partial charge in [-0.2, -0.15) is 4.98 Å². The summed E-state index contributed by atoms with van der Waals surface area (Å²) in [7, 11) is 0. The number of benzene rings is 1. The number of hydrogen-bond donors (Lipinski definition) is 0. The third kappa shape index (κ3) is 1.66. The standard InChI is InChI=1S/C12H8ClN3O/c1-7-2-4-8(5-3-7)10-9-11(13)14-6-15-12(9)17-16-10/h2-6H,1H3. The summed E-state index contributed by atoms with van der Waals surface area (Å²) in [5.41, 5.74) is 3.20. The number of nitrogens with zero attached hydrogens (tertiary/aromatic N) is 3. The SMILES string of the molecule is Cc1ccc(-c2noc3ncnc(Cl)c23)cc1. The van der Waals surface area contributed by atoms with Gasteiger partial charge in [0.1, 0.15) is 22.6 Å². The van der Waals surface area contributed by atoms with Crippen molar-refractivity contribution in [1.82, 2.24) is 15.1 Å². The molecule has 0 fully saturated rings. The van der Waals surface area contributed by atoms with Crippen LogP contribution in [0.25, 0.3) is 22.4 Å². The van der Waals surface area contributed by atoms with Crippen LogP contribution in [0.4, 0.5) is 0 Å². The average Bonchev–Trinajstić information content (AvgIpc) is 2.75. The maximum Gasteiger partial charge on any atom is 0.262 e. The lowest BCUT2D eigenvalue weighted by atomic mass is 10.1. The Hall–Kier alpha value is -1.94. The highest BCUT2D eigenvalue weighted by Crippen LogP contribution is 2.30. The zero-order valence-electron chi connectivity index (χ0n) is 9.01. The summed E-state index contributed by atoms with van der Waals surface area (Å²) >= 11 is 6.03. The fourth-order valence-electron chi connectivity index (χ4n) is 1.66. The minimum atomic E-state index is 0.354. The van der Waals surface area contributed by atoms with E-state index in [2.05, 4.69) is 15.1 Å². The van der Waals surface area contributed by atoms with Crippen LogP contribution in [0.15, 0.2) is 35.1 Å². The molecule has 0 aliphatic heterocycles. The second-order valence-electron chi connectivity index (χ2n) is 3.74. The van der Waals surface area contributed by atoms with E-state index < -0.39 is 0 Å². The van der Waals surface area contributed by atoms with Gasteiger partial charge in [-0.15, -0.1) is 0 Å². The first-order valence-corrected chi connectivity index (χ1v) is 5.46. The molecule has 2 heterocycles. The van der Waals surface area contributed by atoms with Gasteiger partial charge in [0.15, 0.2) is 0 Å². The molecule has 0 spiro atoms. The molecular weight excluding hydrogens is 238 g/mol. The highest BCUT2D eigenvalue weighted by molar-refractivity contribution is 6.34. The van der Waals surface area contributed by atoms with E-state index in [1.807, 2.05) is 31.2 Å². The van der Waals surface area contributed by atoms with E-state index in [1.54, 1.807) is 0 Å². The molecule has 2 aromatic heterocycles. The molecule has 0 N–H and O–H groups in total. The molecule has 0 radical (unpaired) electrons. The second-order valence-corrected chi connectivity index (χ2v) is 4.10. The number of halogens is 1. The predicted octanol–water partition coefficient (Wildman–Crippen LogP) is 3.25. The highest BCUT2D eigenvalue weighted by Gasteiger charge is 2.14. The van der Waals surface area contributed by atoms with Crippen molar-refractivity contribution in [3.8, 4) is 11.3 Å². The first-order valence-electron chi connectivity index (χ1n) is 5.08. The summed E-state index contributed by atoms with van der Waals surface area (Å²) < 4.78 is 5.13. The molecule has 0 aliphatic rings. The second kappa shape index (κ2) is 3.82. The Bertz CT molecular complexity index is 676. The summed E-state index contributed by atoms with van der Waals surface area (Å²) in [6.45, 7) is 2.03. The zero-order chi connectivity index (χ0) is 11.8. The monoisotopic (exact) mass is 245 g/mol. The van der Waals surface area contributed by atoms with Crippen molar-refractivity contribution in [2.75, 3.05) is 0 Å². The van der Waals surface area contributed by atoms with Crippen LogP contribution in [0.5, 0.6) is 0 Å². The van der Waals surface area contributed by atoms with Gasteiger partial charge in [-0.1, -0.05) is 46.6 Å².